The molecular formula is C9H16ClFN2O. The van der Waals surface area contributed by atoms with Gasteiger partial charge in [-0.25, -0.2) is 4.39 Å². The summed E-state index contributed by atoms with van der Waals surface area (Å²) in [7, 11) is 0. The van der Waals surface area contributed by atoms with E-state index >= 15 is 0 Å². The van der Waals surface area contributed by atoms with E-state index in [4.69, 9.17) is 0 Å². The molecule has 5 heteroatoms. The highest BCUT2D eigenvalue weighted by Gasteiger charge is 2.30. The predicted molar refractivity (Wildman–Crippen MR) is 54.3 cm³/mol. The van der Waals surface area contributed by atoms with Crippen molar-refractivity contribution in [3.63, 3.8) is 0 Å². The van der Waals surface area contributed by atoms with Crippen molar-refractivity contribution in [2.45, 2.75) is 31.5 Å². The maximum Gasteiger partial charge on any atom is 0.223 e. The molecule has 1 amide bonds. The molecule has 1 saturated carbocycles. The molecule has 1 heterocycles. The summed E-state index contributed by atoms with van der Waals surface area (Å²) in [6.07, 6.45) is 1.85. The molecule has 0 aromatic carbocycles. The maximum absolute atomic E-state index is 12.7. The number of hydrogen-bond acceptors (Lipinski definition) is 2. The van der Waals surface area contributed by atoms with Gasteiger partial charge in [0, 0.05) is 25.0 Å². The van der Waals surface area contributed by atoms with Crippen LogP contribution in [0.2, 0.25) is 0 Å². The predicted octanol–water partition coefficient (Wildman–Crippen LogP) is 0.634. The van der Waals surface area contributed by atoms with Crippen LogP contribution in [0.1, 0.15) is 19.3 Å². The van der Waals surface area contributed by atoms with E-state index in [1.54, 1.807) is 0 Å². The van der Waals surface area contributed by atoms with Crippen LogP contribution in [-0.4, -0.2) is 31.2 Å². The average Bonchev–Trinajstić information content (AvgIpc) is 2.87. The number of carbonyl (C=O) groups excluding carboxylic acids is 1. The summed E-state index contributed by atoms with van der Waals surface area (Å²) >= 11 is 0. The van der Waals surface area contributed by atoms with Gasteiger partial charge in [-0.1, -0.05) is 0 Å². The summed E-state index contributed by atoms with van der Waals surface area (Å²) < 4.78 is 12.7. The Morgan fingerprint density at radius 3 is 2.71 bits per heavy atom. The van der Waals surface area contributed by atoms with E-state index < -0.39 is 6.17 Å². The van der Waals surface area contributed by atoms with E-state index in [9.17, 15) is 9.18 Å². The summed E-state index contributed by atoms with van der Waals surface area (Å²) in [5.41, 5.74) is 0. The highest BCUT2D eigenvalue weighted by Crippen LogP contribution is 2.28. The largest absolute Gasteiger partial charge is 0.354 e. The lowest BCUT2D eigenvalue weighted by molar-refractivity contribution is -0.122. The molecule has 0 aromatic rings. The van der Waals surface area contributed by atoms with Gasteiger partial charge in [-0.15, -0.1) is 12.4 Å². The zero-order chi connectivity index (χ0) is 9.26. The Morgan fingerprint density at radius 2 is 2.21 bits per heavy atom. The molecule has 2 N–H and O–H groups in total. The Hall–Kier alpha value is -0.350. The molecule has 2 atom stereocenters. The van der Waals surface area contributed by atoms with Crippen LogP contribution in [0.3, 0.4) is 0 Å². The summed E-state index contributed by atoms with van der Waals surface area (Å²) in [6, 6.07) is 0.137. The fourth-order valence-corrected chi connectivity index (χ4v) is 1.64. The topological polar surface area (TPSA) is 41.1 Å². The highest BCUT2D eigenvalue weighted by atomic mass is 35.5. The third kappa shape index (κ3) is 3.10. The first-order chi connectivity index (χ1) is 6.25. The standard InChI is InChI=1S/C9H15FN2O.ClH/c10-7-3-8(11-4-7)5-12-9(13)6-1-2-6;/h6-8,11H,1-5H2,(H,12,13);1H/t7-,8-;/m0./s1. The van der Waals surface area contributed by atoms with Gasteiger partial charge in [0.2, 0.25) is 5.91 Å². The molecule has 14 heavy (non-hydrogen) atoms. The number of hydrogen-bond donors (Lipinski definition) is 2. The molecule has 82 valence electrons. The van der Waals surface area contributed by atoms with Crippen molar-refractivity contribution >= 4 is 18.3 Å². The minimum Gasteiger partial charge on any atom is -0.354 e. The number of nitrogens with one attached hydrogen (secondary N) is 2. The monoisotopic (exact) mass is 222 g/mol. The van der Waals surface area contributed by atoms with Gasteiger partial charge < -0.3 is 10.6 Å². The highest BCUT2D eigenvalue weighted by molar-refractivity contribution is 5.85. The first-order valence-electron chi connectivity index (χ1n) is 4.91. The molecule has 1 aliphatic carbocycles. The molecule has 0 spiro atoms. The molecule has 1 saturated heterocycles. The van der Waals surface area contributed by atoms with E-state index in [0.717, 1.165) is 12.8 Å². The van der Waals surface area contributed by atoms with E-state index in [-0.39, 0.29) is 30.3 Å². The van der Waals surface area contributed by atoms with E-state index in [2.05, 4.69) is 10.6 Å². The lowest BCUT2D eigenvalue weighted by Crippen LogP contribution is -2.37. The lowest BCUT2D eigenvalue weighted by atomic mass is 10.2. The van der Waals surface area contributed by atoms with Gasteiger partial charge in [0.1, 0.15) is 6.17 Å². The van der Waals surface area contributed by atoms with Gasteiger partial charge in [-0.3, -0.25) is 4.79 Å². The second kappa shape index (κ2) is 4.94. The van der Waals surface area contributed by atoms with E-state index in [1.807, 2.05) is 0 Å². The smallest absolute Gasteiger partial charge is 0.223 e. The maximum atomic E-state index is 12.7. The Bertz CT molecular complexity index is 211. The second-order valence-corrected chi connectivity index (χ2v) is 3.96. The summed E-state index contributed by atoms with van der Waals surface area (Å²) in [6.45, 7) is 1.01. The molecule has 3 nitrogen and oxygen atoms in total. The van der Waals surface area contributed by atoms with E-state index in [0.29, 0.717) is 19.5 Å². The van der Waals surface area contributed by atoms with Gasteiger partial charge >= 0.3 is 0 Å². The Labute approximate surface area is 89.2 Å². The Morgan fingerprint density at radius 1 is 1.50 bits per heavy atom. The molecule has 0 unspecified atom stereocenters. The second-order valence-electron chi connectivity index (χ2n) is 3.96. The molecule has 2 aliphatic rings. The number of alkyl halides is 1. The fraction of sp³-hybridized carbons (Fsp3) is 0.889. The number of halogens is 2. The summed E-state index contributed by atoms with van der Waals surface area (Å²) in [5, 5.41) is 5.87. The molecule has 0 aromatic heterocycles. The van der Waals surface area contributed by atoms with Crippen molar-refractivity contribution in [3.05, 3.63) is 0 Å². The molecule has 1 aliphatic heterocycles. The number of carbonyl (C=O) groups is 1. The minimum absolute atomic E-state index is 0. The van der Waals surface area contributed by atoms with Crippen LogP contribution in [0.15, 0.2) is 0 Å². The van der Waals surface area contributed by atoms with Crippen LogP contribution in [0.25, 0.3) is 0 Å². The van der Waals surface area contributed by atoms with Crippen LogP contribution in [0.5, 0.6) is 0 Å². The van der Waals surface area contributed by atoms with Gasteiger partial charge in [-0.2, -0.15) is 0 Å². The zero-order valence-corrected chi connectivity index (χ0v) is 8.78. The van der Waals surface area contributed by atoms with E-state index in [1.165, 1.54) is 0 Å². The van der Waals surface area contributed by atoms with Gasteiger partial charge in [0.25, 0.3) is 0 Å². The SMILES string of the molecule is Cl.O=C(NC[C@@H]1C[C@H](F)CN1)C1CC1. The normalized spacial score (nSPS) is 30.9. The number of amides is 1. The third-order valence-corrected chi connectivity index (χ3v) is 2.64. The first kappa shape index (κ1) is 11.7. The summed E-state index contributed by atoms with van der Waals surface area (Å²) in [4.78, 5) is 11.2. The lowest BCUT2D eigenvalue weighted by Gasteiger charge is -2.10. The fourth-order valence-electron chi connectivity index (χ4n) is 1.64. The molecule has 2 fully saturated rings. The Kier molecular flexibility index (Phi) is 4.13. The van der Waals surface area contributed by atoms with Crippen molar-refractivity contribution in [1.29, 1.82) is 0 Å². The van der Waals surface area contributed by atoms with Gasteiger partial charge in [0.15, 0.2) is 0 Å². The van der Waals surface area contributed by atoms with Gasteiger partial charge in [0.05, 0.1) is 0 Å². The van der Waals surface area contributed by atoms with Crippen molar-refractivity contribution in [1.82, 2.24) is 10.6 Å². The van der Waals surface area contributed by atoms with Crippen LogP contribution in [-0.2, 0) is 4.79 Å². The Balaban J connectivity index is 0.000000980. The van der Waals surface area contributed by atoms with Crippen LogP contribution in [0, 0.1) is 5.92 Å². The average molecular weight is 223 g/mol. The van der Waals surface area contributed by atoms with Crippen molar-refractivity contribution < 1.29 is 9.18 Å². The molecule has 2 rings (SSSR count). The van der Waals surface area contributed by atoms with Crippen molar-refractivity contribution in [2.75, 3.05) is 13.1 Å². The molecule has 0 radical (unpaired) electrons. The first-order valence-corrected chi connectivity index (χ1v) is 4.91. The van der Waals surface area contributed by atoms with Crippen LogP contribution in [0.4, 0.5) is 4.39 Å². The number of rotatable bonds is 3. The summed E-state index contributed by atoms with van der Waals surface area (Å²) in [5.74, 6) is 0.395. The van der Waals surface area contributed by atoms with Crippen molar-refractivity contribution in [3.8, 4) is 0 Å². The zero-order valence-electron chi connectivity index (χ0n) is 7.96. The van der Waals surface area contributed by atoms with Crippen molar-refractivity contribution in [2.24, 2.45) is 5.92 Å². The van der Waals surface area contributed by atoms with Crippen LogP contribution >= 0.6 is 12.4 Å². The third-order valence-electron chi connectivity index (χ3n) is 2.64. The molecule has 0 bridgehead atoms. The quantitative estimate of drug-likeness (QED) is 0.736. The van der Waals surface area contributed by atoms with Gasteiger partial charge in [-0.05, 0) is 19.3 Å². The van der Waals surface area contributed by atoms with Crippen LogP contribution < -0.4 is 10.6 Å². The minimum atomic E-state index is -0.733. The molecular weight excluding hydrogens is 207 g/mol.